The summed E-state index contributed by atoms with van der Waals surface area (Å²) in [5.41, 5.74) is 2.66. The molecule has 2 aliphatic rings. The van der Waals surface area contributed by atoms with Crippen LogP contribution in [0.4, 0.5) is 0 Å². The molecule has 192 valence electrons. The van der Waals surface area contributed by atoms with Gasteiger partial charge in [0, 0.05) is 36.5 Å². The van der Waals surface area contributed by atoms with Gasteiger partial charge in [0.1, 0.15) is 18.1 Å². The van der Waals surface area contributed by atoms with Crippen molar-refractivity contribution >= 4 is 57.1 Å². The molecule has 1 aromatic heterocycles. The molecule has 5 rings (SSSR count). The van der Waals surface area contributed by atoms with E-state index in [-0.39, 0.29) is 24.7 Å². The van der Waals surface area contributed by atoms with Crippen LogP contribution in [0, 0.1) is 0 Å². The average molecular weight is 613 g/mol. The summed E-state index contributed by atoms with van der Waals surface area (Å²) < 4.78 is -0.861. The number of halogens is 1. The first-order valence-corrected chi connectivity index (χ1v) is 13.6. The van der Waals surface area contributed by atoms with Gasteiger partial charge in [0.15, 0.2) is 4.05 Å². The van der Waals surface area contributed by atoms with Crippen molar-refractivity contribution in [1.29, 1.82) is 0 Å². The Balaban J connectivity index is 1.47. The zero-order valence-corrected chi connectivity index (χ0v) is 22.2. The highest BCUT2D eigenvalue weighted by Gasteiger charge is 2.40. The third-order valence-electron chi connectivity index (χ3n) is 6.97. The van der Waals surface area contributed by atoms with Gasteiger partial charge in [-0.15, -0.1) is 0 Å². The molecule has 4 amide bonds. The predicted octanol–water partition coefficient (Wildman–Crippen LogP) is 1.80. The highest BCUT2D eigenvalue weighted by atomic mass is 127. The number of benzene rings is 2. The van der Waals surface area contributed by atoms with Crippen LogP contribution in [0.3, 0.4) is 0 Å². The molecule has 2 aliphatic heterocycles. The van der Waals surface area contributed by atoms with Crippen molar-refractivity contribution in [1.82, 2.24) is 25.8 Å². The predicted molar refractivity (Wildman–Crippen MR) is 147 cm³/mol. The molecule has 3 heterocycles. The molecule has 0 spiro atoms. The largest absolute Gasteiger partial charge is 0.361 e. The Kier molecular flexibility index (Phi) is 7.45. The lowest BCUT2D eigenvalue weighted by atomic mass is 10.0. The van der Waals surface area contributed by atoms with Crippen molar-refractivity contribution in [2.24, 2.45) is 0 Å². The second-order valence-corrected chi connectivity index (χ2v) is 10.7. The Hall–Kier alpha value is -3.41. The number of rotatable bonds is 4. The molecule has 10 heteroatoms. The molecule has 0 bridgehead atoms. The van der Waals surface area contributed by atoms with E-state index < -0.39 is 34.0 Å². The number of carbonyl (C=O) groups is 4. The summed E-state index contributed by atoms with van der Waals surface area (Å²) in [5.74, 6) is -1.57. The van der Waals surface area contributed by atoms with Crippen LogP contribution in [0.2, 0.25) is 0 Å². The van der Waals surface area contributed by atoms with Gasteiger partial charge in [0.2, 0.25) is 17.7 Å². The maximum Gasteiger partial charge on any atom is 0.256 e. The first-order chi connectivity index (χ1) is 17.9. The molecule has 4 atom stereocenters. The molecule has 2 aromatic carbocycles. The third kappa shape index (κ3) is 5.48. The van der Waals surface area contributed by atoms with Gasteiger partial charge in [-0.3, -0.25) is 19.2 Å². The van der Waals surface area contributed by atoms with Crippen LogP contribution in [0.15, 0.2) is 60.8 Å². The summed E-state index contributed by atoms with van der Waals surface area (Å²) in [5, 5.41) is 9.47. The smallest absolute Gasteiger partial charge is 0.256 e. The maximum absolute atomic E-state index is 13.6. The maximum atomic E-state index is 13.6. The topological polar surface area (TPSA) is 123 Å². The molecule has 0 aliphatic carbocycles. The minimum atomic E-state index is -0.944. The van der Waals surface area contributed by atoms with Crippen molar-refractivity contribution in [3.8, 4) is 0 Å². The fraction of sp³-hybridized carbons (Fsp3) is 0.333. The monoisotopic (exact) mass is 613 g/mol. The third-order valence-corrected chi connectivity index (χ3v) is 7.82. The first kappa shape index (κ1) is 25.2. The molecule has 37 heavy (non-hydrogen) atoms. The zero-order valence-electron chi connectivity index (χ0n) is 20.1. The first-order valence-electron chi connectivity index (χ1n) is 12.4. The molecule has 2 saturated heterocycles. The Morgan fingerprint density at radius 1 is 0.811 bits per heavy atom. The van der Waals surface area contributed by atoms with E-state index in [9.17, 15) is 19.2 Å². The van der Waals surface area contributed by atoms with Crippen molar-refractivity contribution in [2.75, 3.05) is 6.54 Å². The summed E-state index contributed by atoms with van der Waals surface area (Å²) in [6, 6.07) is 14.6. The van der Waals surface area contributed by atoms with Gasteiger partial charge in [-0.25, -0.2) is 0 Å². The molecule has 3 aromatic rings. The van der Waals surface area contributed by atoms with Crippen molar-refractivity contribution in [3.05, 3.63) is 71.9 Å². The van der Waals surface area contributed by atoms with Crippen molar-refractivity contribution in [3.63, 3.8) is 0 Å². The fourth-order valence-corrected chi connectivity index (χ4v) is 5.73. The van der Waals surface area contributed by atoms with Gasteiger partial charge >= 0.3 is 0 Å². The number of aromatic nitrogens is 1. The van der Waals surface area contributed by atoms with Gasteiger partial charge < -0.3 is 25.8 Å². The van der Waals surface area contributed by atoms with Crippen LogP contribution < -0.4 is 16.0 Å². The van der Waals surface area contributed by atoms with Crippen LogP contribution in [-0.4, -0.2) is 62.2 Å². The highest BCUT2D eigenvalue weighted by molar-refractivity contribution is 14.1. The lowest BCUT2D eigenvalue weighted by Gasteiger charge is -2.31. The molecule has 0 unspecified atom stereocenters. The molecule has 2 fully saturated rings. The summed E-state index contributed by atoms with van der Waals surface area (Å²) in [6.07, 6.45) is 3.50. The van der Waals surface area contributed by atoms with E-state index >= 15 is 0 Å². The Morgan fingerprint density at radius 2 is 1.49 bits per heavy atom. The van der Waals surface area contributed by atoms with Gasteiger partial charge in [0.05, 0.1) is 0 Å². The van der Waals surface area contributed by atoms with E-state index in [2.05, 4.69) is 20.9 Å². The lowest BCUT2D eigenvalue weighted by Crippen LogP contribution is -2.61. The van der Waals surface area contributed by atoms with E-state index in [1.165, 1.54) is 4.90 Å². The standard InChI is InChI=1S/C27H28IN5O4/c28-23-27(37)33-12-6-11-22(33)26(36)31-20(13-16-7-2-1-3-8-16)24(34)30-21(25(35)32-23)14-17-15-29-19-10-5-4-9-18(17)19/h1-5,7-10,15,20-23,29H,6,11-14H2,(H,30,34)(H,31,36)(H,32,35)/t20-,21+,22+,23+/m0/s1. The van der Waals surface area contributed by atoms with Crippen molar-refractivity contribution < 1.29 is 19.2 Å². The molecule has 9 nitrogen and oxygen atoms in total. The van der Waals surface area contributed by atoms with Gasteiger partial charge in [-0.2, -0.15) is 0 Å². The zero-order chi connectivity index (χ0) is 25.9. The van der Waals surface area contributed by atoms with Gasteiger partial charge in [-0.1, -0.05) is 48.5 Å². The van der Waals surface area contributed by atoms with E-state index in [1.54, 1.807) is 0 Å². The molecular formula is C27H28IN5O4. The number of hydrogen-bond acceptors (Lipinski definition) is 4. The van der Waals surface area contributed by atoms with Crippen LogP contribution in [0.1, 0.15) is 24.0 Å². The number of para-hydroxylation sites is 1. The molecular weight excluding hydrogens is 585 g/mol. The number of amides is 4. The summed E-state index contributed by atoms with van der Waals surface area (Å²) in [4.78, 5) is 58.2. The van der Waals surface area contributed by atoms with Crippen molar-refractivity contribution in [2.45, 2.75) is 47.9 Å². The Bertz CT molecular complexity index is 1330. The van der Waals surface area contributed by atoms with Gasteiger partial charge in [0.25, 0.3) is 5.91 Å². The second kappa shape index (κ2) is 10.9. The fourth-order valence-electron chi connectivity index (χ4n) is 5.06. The SMILES string of the molecule is O=C1N[C@H](Cc2c[nH]c3ccccc23)C(=O)N[C@@H](I)C(=O)N2CCC[C@@H]2C(=O)N[C@H]1Cc1ccccc1. The molecule has 4 N–H and O–H groups in total. The number of fused-ring (bicyclic) bond motifs is 2. The molecule has 0 saturated carbocycles. The van der Waals surface area contributed by atoms with E-state index in [0.29, 0.717) is 19.4 Å². The number of carbonyl (C=O) groups excluding carboxylic acids is 4. The lowest BCUT2D eigenvalue weighted by molar-refractivity contribution is -0.141. The summed E-state index contributed by atoms with van der Waals surface area (Å²) >= 11 is 1.88. The minimum Gasteiger partial charge on any atom is -0.361 e. The Labute approximate surface area is 227 Å². The molecule has 0 radical (unpaired) electrons. The normalized spacial score (nSPS) is 25.1. The van der Waals surface area contributed by atoms with Crippen LogP contribution in [0.25, 0.3) is 10.9 Å². The van der Waals surface area contributed by atoms with Crippen LogP contribution >= 0.6 is 22.6 Å². The number of hydrogen-bond donors (Lipinski definition) is 4. The second-order valence-electron chi connectivity index (χ2n) is 9.44. The average Bonchev–Trinajstić information content (AvgIpc) is 3.55. The van der Waals surface area contributed by atoms with Crippen LogP contribution in [-0.2, 0) is 32.0 Å². The number of alkyl halides is 1. The quantitative estimate of drug-likeness (QED) is 0.204. The highest BCUT2D eigenvalue weighted by Crippen LogP contribution is 2.22. The van der Waals surface area contributed by atoms with Crippen LogP contribution in [0.5, 0.6) is 0 Å². The minimum absolute atomic E-state index is 0.220. The van der Waals surface area contributed by atoms with E-state index in [4.69, 9.17) is 0 Å². The number of nitrogens with zero attached hydrogens (tertiary/aromatic N) is 1. The van der Waals surface area contributed by atoms with E-state index in [1.807, 2.05) is 83.4 Å². The number of nitrogens with one attached hydrogen (secondary N) is 4. The van der Waals surface area contributed by atoms with Gasteiger partial charge in [-0.05, 0) is 52.6 Å². The Morgan fingerprint density at radius 3 is 2.30 bits per heavy atom. The number of aromatic amines is 1. The summed E-state index contributed by atoms with van der Waals surface area (Å²) in [7, 11) is 0. The number of H-pyrrole nitrogens is 1. The summed E-state index contributed by atoms with van der Waals surface area (Å²) in [6.45, 7) is 0.431. The van der Waals surface area contributed by atoms with E-state index in [0.717, 1.165) is 22.0 Å².